The molecule has 6 nitrogen and oxygen atoms in total. The molecule has 1 amide bonds. The van der Waals surface area contributed by atoms with Crippen LogP contribution in [-0.4, -0.2) is 54.4 Å². The Balaban J connectivity index is 1.92. The highest BCUT2D eigenvalue weighted by molar-refractivity contribution is 5.79. The largest absolute Gasteiger partial charge is 0.481 e. The normalized spacial score (nSPS) is 17.9. The zero-order chi connectivity index (χ0) is 18.4. The van der Waals surface area contributed by atoms with Gasteiger partial charge in [0.05, 0.1) is 5.92 Å². The first-order chi connectivity index (χ1) is 11.8. The molecule has 1 unspecified atom stereocenters. The smallest absolute Gasteiger partial charge is 0.422 e. The van der Waals surface area contributed by atoms with Crippen LogP contribution in [-0.2, 0) is 9.59 Å². The van der Waals surface area contributed by atoms with E-state index >= 15 is 0 Å². The molecule has 1 aromatic carbocycles. The summed E-state index contributed by atoms with van der Waals surface area (Å²) in [6.07, 6.45) is -3.40. The van der Waals surface area contributed by atoms with Gasteiger partial charge in [0.25, 0.3) is 5.91 Å². The molecule has 138 valence electrons. The van der Waals surface area contributed by atoms with E-state index in [9.17, 15) is 22.8 Å². The van der Waals surface area contributed by atoms with Gasteiger partial charge in [0.1, 0.15) is 0 Å². The molecule has 1 aliphatic rings. The van der Waals surface area contributed by atoms with E-state index in [4.69, 9.17) is 9.84 Å². The lowest BCUT2D eigenvalue weighted by molar-refractivity contribution is -0.154. The van der Waals surface area contributed by atoms with Crippen LogP contribution in [0.25, 0.3) is 0 Å². The molecular formula is C16H18F3NO5. The third-order valence-corrected chi connectivity index (χ3v) is 3.71. The monoisotopic (exact) mass is 361 g/mol. The number of likely N-dealkylation sites (tertiary alicyclic amines) is 1. The number of rotatable bonds is 6. The van der Waals surface area contributed by atoms with E-state index in [0.717, 1.165) is 0 Å². The van der Waals surface area contributed by atoms with E-state index < -0.39 is 37.2 Å². The second kappa shape index (κ2) is 8.09. The van der Waals surface area contributed by atoms with Gasteiger partial charge in [-0.05, 0) is 25.0 Å². The van der Waals surface area contributed by atoms with E-state index in [-0.39, 0.29) is 18.0 Å². The number of alkyl halides is 3. The first-order valence-corrected chi connectivity index (χ1v) is 7.68. The molecule has 0 radical (unpaired) electrons. The molecule has 1 N–H and O–H groups in total. The van der Waals surface area contributed by atoms with Crippen molar-refractivity contribution < 1.29 is 37.3 Å². The third-order valence-electron chi connectivity index (χ3n) is 3.71. The Kier molecular flexibility index (Phi) is 6.11. The van der Waals surface area contributed by atoms with Gasteiger partial charge in [-0.3, -0.25) is 9.59 Å². The Bertz CT molecular complexity index is 620. The fraction of sp³-hybridized carbons (Fsp3) is 0.500. The van der Waals surface area contributed by atoms with Crippen molar-refractivity contribution in [2.45, 2.75) is 19.0 Å². The molecule has 2 rings (SSSR count). The van der Waals surface area contributed by atoms with E-state index in [1.54, 1.807) is 6.07 Å². The summed E-state index contributed by atoms with van der Waals surface area (Å²) in [5.74, 6) is -2.08. The lowest BCUT2D eigenvalue weighted by atomic mass is 9.98. The van der Waals surface area contributed by atoms with Crippen LogP contribution in [0.2, 0.25) is 0 Å². The molecule has 0 aromatic heterocycles. The van der Waals surface area contributed by atoms with Gasteiger partial charge in [0.15, 0.2) is 24.7 Å². The Morgan fingerprint density at radius 1 is 1.20 bits per heavy atom. The highest BCUT2D eigenvalue weighted by Crippen LogP contribution is 2.28. The fourth-order valence-electron chi connectivity index (χ4n) is 2.48. The van der Waals surface area contributed by atoms with Crippen LogP contribution in [0.3, 0.4) is 0 Å². The van der Waals surface area contributed by atoms with Gasteiger partial charge in [0.2, 0.25) is 0 Å². The number of ether oxygens (including phenoxy) is 2. The molecule has 0 spiro atoms. The van der Waals surface area contributed by atoms with Crippen LogP contribution in [0.1, 0.15) is 12.8 Å². The number of carbonyl (C=O) groups excluding carboxylic acids is 1. The molecule has 1 aliphatic heterocycles. The Labute approximate surface area is 142 Å². The third kappa shape index (κ3) is 5.84. The highest BCUT2D eigenvalue weighted by Gasteiger charge is 2.30. The van der Waals surface area contributed by atoms with Crippen molar-refractivity contribution in [3.8, 4) is 11.5 Å². The van der Waals surface area contributed by atoms with Crippen molar-refractivity contribution in [1.82, 2.24) is 4.90 Å². The number of piperidine rings is 1. The maximum Gasteiger partial charge on any atom is 0.422 e. The number of carboxylic acids is 1. The summed E-state index contributed by atoms with van der Waals surface area (Å²) in [6.45, 7) is -1.34. The van der Waals surface area contributed by atoms with Crippen LogP contribution in [0.5, 0.6) is 11.5 Å². The van der Waals surface area contributed by atoms with Crippen LogP contribution >= 0.6 is 0 Å². The minimum absolute atomic E-state index is 0.0203. The van der Waals surface area contributed by atoms with Gasteiger partial charge in [-0.15, -0.1) is 0 Å². The van der Waals surface area contributed by atoms with Crippen LogP contribution < -0.4 is 9.47 Å². The number of carbonyl (C=O) groups is 2. The minimum Gasteiger partial charge on any atom is -0.481 e. The van der Waals surface area contributed by atoms with Crippen LogP contribution in [0.15, 0.2) is 24.3 Å². The Hall–Kier alpha value is -2.45. The summed E-state index contributed by atoms with van der Waals surface area (Å²) in [5, 5.41) is 9.03. The van der Waals surface area contributed by atoms with Gasteiger partial charge in [0, 0.05) is 13.1 Å². The van der Waals surface area contributed by atoms with Crippen molar-refractivity contribution in [3.05, 3.63) is 24.3 Å². The number of aliphatic carboxylic acids is 1. The van der Waals surface area contributed by atoms with Crippen LogP contribution in [0, 0.1) is 5.92 Å². The van der Waals surface area contributed by atoms with E-state index in [2.05, 4.69) is 4.74 Å². The van der Waals surface area contributed by atoms with Crippen molar-refractivity contribution in [1.29, 1.82) is 0 Å². The number of carboxylic acid groups (broad SMARTS) is 1. The average molecular weight is 361 g/mol. The molecular weight excluding hydrogens is 343 g/mol. The highest BCUT2D eigenvalue weighted by atomic mass is 19.4. The predicted molar refractivity (Wildman–Crippen MR) is 80.4 cm³/mol. The molecule has 1 aromatic rings. The van der Waals surface area contributed by atoms with Crippen molar-refractivity contribution in [2.24, 2.45) is 5.92 Å². The van der Waals surface area contributed by atoms with E-state index in [1.807, 2.05) is 0 Å². The van der Waals surface area contributed by atoms with Gasteiger partial charge < -0.3 is 19.5 Å². The minimum atomic E-state index is -4.48. The molecule has 1 heterocycles. The SMILES string of the molecule is O=C(O)C1CCCN(C(=O)COc2ccccc2OCC(F)(F)F)C1. The summed E-state index contributed by atoms with van der Waals surface area (Å²) in [7, 11) is 0. The summed E-state index contributed by atoms with van der Waals surface area (Å²) in [5.41, 5.74) is 0. The van der Waals surface area contributed by atoms with Gasteiger partial charge in [-0.25, -0.2) is 0 Å². The Morgan fingerprint density at radius 3 is 2.44 bits per heavy atom. The first kappa shape index (κ1) is 18.9. The average Bonchev–Trinajstić information content (AvgIpc) is 2.58. The van der Waals surface area contributed by atoms with Crippen molar-refractivity contribution >= 4 is 11.9 Å². The number of para-hydroxylation sites is 2. The summed E-state index contributed by atoms with van der Waals surface area (Å²) in [6, 6.07) is 5.74. The van der Waals surface area contributed by atoms with Gasteiger partial charge >= 0.3 is 12.1 Å². The van der Waals surface area contributed by atoms with Crippen molar-refractivity contribution in [2.75, 3.05) is 26.3 Å². The summed E-state index contributed by atoms with van der Waals surface area (Å²) < 4.78 is 46.7. The maximum absolute atomic E-state index is 12.3. The number of hydrogen-bond donors (Lipinski definition) is 1. The molecule has 1 fully saturated rings. The second-order valence-electron chi connectivity index (χ2n) is 5.66. The molecule has 0 saturated carbocycles. The van der Waals surface area contributed by atoms with E-state index in [0.29, 0.717) is 19.4 Å². The number of hydrogen-bond acceptors (Lipinski definition) is 4. The summed E-state index contributed by atoms with van der Waals surface area (Å²) >= 11 is 0. The fourth-order valence-corrected chi connectivity index (χ4v) is 2.48. The summed E-state index contributed by atoms with van der Waals surface area (Å²) in [4.78, 5) is 24.6. The number of benzene rings is 1. The number of nitrogens with zero attached hydrogens (tertiary/aromatic N) is 1. The lowest BCUT2D eigenvalue weighted by Crippen LogP contribution is -2.44. The molecule has 9 heteroatoms. The van der Waals surface area contributed by atoms with Gasteiger partial charge in [-0.1, -0.05) is 12.1 Å². The topological polar surface area (TPSA) is 76.1 Å². The predicted octanol–water partition coefficient (Wildman–Crippen LogP) is 2.33. The zero-order valence-electron chi connectivity index (χ0n) is 13.3. The molecule has 25 heavy (non-hydrogen) atoms. The molecule has 0 bridgehead atoms. The lowest BCUT2D eigenvalue weighted by Gasteiger charge is -2.30. The Morgan fingerprint density at radius 2 is 1.84 bits per heavy atom. The number of amides is 1. The number of halogens is 3. The standard InChI is InChI=1S/C16H18F3NO5/c17-16(18,19)10-25-13-6-2-1-5-12(13)24-9-14(21)20-7-3-4-11(8-20)15(22)23/h1-2,5-6,11H,3-4,7-10H2,(H,22,23). The maximum atomic E-state index is 12.3. The zero-order valence-corrected chi connectivity index (χ0v) is 13.3. The second-order valence-corrected chi connectivity index (χ2v) is 5.66. The molecule has 1 atom stereocenters. The van der Waals surface area contributed by atoms with E-state index in [1.165, 1.54) is 23.1 Å². The quantitative estimate of drug-likeness (QED) is 0.842. The first-order valence-electron chi connectivity index (χ1n) is 7.68. The van der Waals surface area contributed by atoms with Gasteiger partial charge in [-0.2, -0.15) is 13.2 Å². The molecule has 1 saturated heterocycles. The van der Waals surface area contributed by atoms with Crippen molar-refractivity contribution in [3.63, 3.8) is 0 Å². The van der Waals surface area contributed by atoms with Crippen LogP contribution in [0.4, 0.5) is 13.2 Å². The molecule has 0 aliphatic carbocycles.